The fourth-order valence-corrected chi connectivity index (χ4v) is 4.46. The summed E-state index contributed by atoms with van der Waals surface area (Å²) in [7, 11) is 3.20. The summed E-state index contributed by atoms with van der Waals surface area (Å²) in [6.45, 7) is 4.04. The van der Waals surface area contributed by atoms with Gasteiger partial charge in [-0.05, 0) is 49.2 Å². The van der Waals surface area contributed by atoms with Crippen molar-refractivity contribution >= 4 is 37.7 Å². The number of para-hydroxylation sites is 1. The van der Waals surface area contributed by atoms with Crippen molar-refractivity contribution in [3.63, 3.8) is 0 Å². The molecule has 3 heterocycles. The zero-order valence-electron chi connectivity index (χ0n) is 18.2. The highest BCUT2D eigenvalue weighted by Crippen LogP contribution is 2.34. The minimum Gasteiger partial charge on any atom is -0.311 e. The Kier molecular flexibility index (Phi) is 4.67. The minimum atomic E-state index is -0.357. The third-order valence-electron chi connectivity index (χ3n) is 6.08. The summed E-state index contributed by atoms with van der Waals surface area (Å²) >= 11 is 3.49. The number of aryl methyl sites for hydroxylation is 3. The molecule has 0 spiro atoms. The van der Waals surface area contributed by atoms with Gasteiger partial charge < -0.3 is 4.57 Å². The third kappa shape index (κ3) is 2.96. The van der Waals surface area contributed by atoms with E-state index in [0.717, 1.165) is 48.1 Å². The second-order valence-electron chi connectivity index (χ2n) is 8.06. The lowest BCUT2D eigenvalue weighted by Gasteiger charge is -2.13. The van der Waals surface area contributed by atoms with Gasteiger partial charge in [-0.15, -0.1) is 0 Å². The van der Waals surface area contributed by atoms with Crippen LogP contribution in [0, 0.1) is 13.8 Å². The molecule has 6 nitrogen and oxygen atoms in total. The minimum absolute atomic E-state index is 0.319. The van der Waals surface area contributed by atoms with Crippen molar-refractivity contribution in [3.8, 4) is 16.9 Å². The maximum atomic E-state index is 13.3. The topological polar surface area (TPSA) is 61.8 Å². The number of pyridine rings is 1. The molecule has 0 amide bonds. The molecule has 0 bridgehead atoms. The van der Waals surface area contributed by atoms with Gasteiger partial charge in [0, 0.05) is 35.8 Å². The molecule has 0 saturated carbocycles. The molecule has 0 aliphatic rings. The van der Waals surface area contributed by atoms with Crippen molar-refractivity contribution in [1.29, 1.82) is 0 Å². The zero-order chi connectivity index (χ0) is 22.7. The van der Waals surface area contributed by atoms with Gasteiger partial charge in [-0.2, -0.15) is 0 Å². The molecule has 0 aliphatic heterocycles. The van der Waals surface area contributed by atoms with E-state index in [1.54, 1.807) is 7.05 Å². The molecule has 0 atom stereocenters. The first-order chi connectivity index (χ1) is 15.3. The molecule has 0 N–H and O–H groups in total. The van der Waals surface area contributed by atoms with E-state index in [-0.39, 0.29) is 11.2 Å². The molecule has 0 fully saturated rings. The lowest BCUT2D eigenvalue weighted by atomic mass is 10.1. The van der Waals surface area contributed by atoms with E-state index in [4.69, 9.17) is 4.98 Å². The summed E-state index contributed by atoms with van der Waals surface area (Å²) in [6, 6.07) is 16.0. The van der Waals surface area contributed by atoms with Crippen molar-refractivity contribution in [2.24, 2.45) is 14.1 Å². The second kappa shape index (κ2) is 7.31. The Balaban J connectivity index is 1.99. The van der Waals surface area contributed by atoms with Crippen LogP contribution in [0.15, 0.2) is 68.8 Å². The smallest absolute Gasteiger partial charge is 0.311 e. The van der Waals surface area contributed by atoms with Crippen LogP contribution in [0.25, 0.3) is 38.8 Å². The Morgan fingerprint density at radius 3 is 2.38 bits per heavy atom. The van der Waals surface area contributed by atoms with Crippen molar-refractivity contribution in [3.05, 3.63) is 91.3 Å². The predicted octanol–water partition coefficient (Wildman–Crippen LogP) is 4.62. The highest BCUT2D eigenvalue weighted by atomic mass is 79.9. The normalized spacial score (nSPS) is 11.5. The molecule has 0 saturated heterocycles. The van der Waals surface area contributed by atoms with Gasteiger partial charge in [0.15, 0.2) is 0 Å². The Morgan fingerprint density at radius 1 is 0.938 bits per heavy atom. The SMILES string of the molecule is Cc1cc2cccc(-n3cc4c(c3-c3ccc(Br)cc3)c(=O)n(C)c(=O)n4C)c2nc1C. The molecule has 0 aliphatic carbocycles. The Bertz CT molecular complexity index is 1660. The molecular formula is C25H21BrN4O2. The van der Waals surface area contributed by atoms with Crippen molar-refractivity contribution in [2.75, 3.05) is 0 Å². The number of hydrogen-bond acceptors (Lipinski definition) is 3. The van der Waals surface area contributed by atoms with E-state index in [0.29, 0.717) is 10.9 Å². The number of rotatable bonds is 2. The summed E-state index contributed by atoms with van der Waals surface area (Å²) in [4.78, 5) is 30.8. The number of benzene rings is 2. The number of fused-ring (bicyclic) bond motifs is 2. The average molecular weight is 489 g/mol. The number of aromatic nitrogens is 4. The molecule has 5 rings (SSSR count). The average Bonchev–Trinajstić information content (AvgIpc) is 3.18. The fourth-order valence-electron chi connectivity index (χ4n) is 4.20. The Labute approximate surface area is 192 Å². The van der Waals surface area contributed by atoms with Crippen LogP contribution in [0.4, 0.5) is 0 Å². The lowest BCUT2D eigenvalue weighted by Crippen LogP contribution is -2.36. The van der Waals surface area contributed by atoms with E-state index < -0.39 is 0 Å². The third-order valence-corrected chi connectivity index (χ3v) is 6.61. The molecule has 160 valence electrons. The van der Waals surface area contributed by atoms with E-state index >= 15 is 0 Å². The molecule has 32 heavy (non-hydrogen) atoms. The van der Waals surface area contributed by atoms with Gasteiger partial charge in [0.2, 0.25) is 0 Å². The monoisotopic (exact) mass is 488 g/mol. The molecule has 7 heteroatoms. The van der Waals surface area contributed by atoms with Crippen LogP contribution in [0.5, 0.6) is 0 Å². The van der Waals surface area contributed by atoms with E-state index in [9.17, 15) is 9.59 Å². The van der Waals surface area contributed by atoms with Gasteiger partial charge in [0.1, 0.15) is 0 Å². The van der Waals surface area contributed by atoms with Crippen LogP contribution in [0.2, 0.25) is 0 Å². The fraction of sp³-hybridized carbons (Fsp3) is 0.160. The summed E-state index contributed by atoms with van der Waals surface area (Å²) in [5.74, 6) is 0. The van der Waals surface area contributed by atoms with Gasteiger partial charge in [-0.3, -0.25) is 18.9 Å². The summed E-state index contributed by atoms with van der Waals surface area (Å²) in [5, 5.41) is 1.52. The largest absolute Gasteiger partial charge is 0.330 e. The highest BCUT2D eigenvalue weighted by Gasteiger charge is 2.21. The molecule has 0 radical (unpaired) electrons. The van der Waals surface area contributed by atoms with Crippen LogP contribution in [-0.2, 0) is 14.1 Å². The number of halogens is 1. The first-order valence-electron chi connectivity index (χ1n) is 10.2. The van der Waals surface area contributed by atoms with Crippen LogP contribution in [0.3, 0.4) is 0 Å². The van der Waals surface area contributed by atoms with Gasteiger partial charge in [-0.1, -0.05) is 40.2 Å². The number of hydrogen-bond donors (Lipinski definition) is 0. The van der Waals surface area contributed by atoms with Crippen molar-refractivity contribution in [1.82, 2.24) is 18.7 Å². The molecule has 2 aromatic carbocycles. The van der Waals surface area contributed by atoms with Crippen LogP contribution in [0.1, 0.15) is 11.3 Å². The second-order valence-corrected chi connectivity index (χ2v) is 8.98. The van der Waals surface area contributed by atoms with Crippen molar-refractivity contribution < 1.29 is 0 Å². The molecular weight excluding hydrogens is 468 g/mol. The maximum absolute atomic E-state index is 13.3. The van der Waals surface area contributed by atoms with Crippen LogP contribution < -0.4 is 11.2 Å². The molecule has 0 unspecified atom stereocenters. The van der Waals surface area contributed by atoms with Gasteiger partial charge >= 0.3 is 5.69 Å². The van der Waals surface area contributed by atoms with E-state index in [1.807, 2.05) is 67.1 Å². The summed E-state index contributed by atoms with van der Waals surface area (Å²) in [6.07, 6.45) is 1.86. The summed E-state index contributed by atoms with van der Waals surface area (Å²) in [5.41, 5.74) is 5.29. The quantitative estimate of drug-likeness (QED) is 0.364. The highest BCUT2D eigenvalue weighted by molar-refractivity contribution is 9.10. The maximum Gasteiger partial charge on any atom is 0.330 e. The Morgan fingerprint density at radius 2 is 1.66 bits per heavy atom. The standard InChI is InChI=1S/C25H21BrN4O2/c1-14-12-17-6-5-7-19(22(17)27-15(14)2)30-13-20-21(24(31)29(4)25(32)28(20)3)23(30)16-8-10-18(26)11-9-16/h5-13H,1-4H3. The summed E-state index contributed by atoms with van der Waals surface area (Å²) < 4.78 is 5.61. The molecule has 5 aromatic rings. The zero-order valence-corrected chi connectivity index (χ0v) is 19.8. The van der Waals surface area contributed by atoms with E-state index in [1.165, 1.54) is 11.6 Å². The first-order valence-corrected chi connectivity index (χ1v) is 11.0. The van der Waals surface area contributed by atoms with Crippen LogP contribution >= 0.6 is 15.9 Å². The van der Waals surface area contributed by atoms with Gasteiger partial charge in [-0.25, -0.2) is 4.79 Å². The first kappa shape index (κ1) is 20.5. The Hall–Kier alpha value is -3.45. The van der Waals surface area contributed by atoms with E-state index in [2.05, 4.69) is 22.0 Å². The predicted molar refractivity (Wildman–Crippen MR) is 132 cm³/mol. The number of nitrogens with zero attached hydrogens (tertiary/aromatic N) is 4. The van der Waals surface area contributed by atoms with Crippen LogP contribution in [-0.4, -0.2) is 18.7 Å². The lowest BCUT2D eigenvalue weighted by molar-refractivity contribution is 0.714. The van der Waals surface area contributed by atoms with Gasteiger partial charge in [0.05, 0.1) is 27.8 Å². The van der Waals surface area contributed by atoms with Crippen molar-refractivity contribution in [2.45, 2.75) is 13.8 Å². The molecule has 3 aromatic heterocycles. The van der Waals surface area contributed by atoms with Gasteiger partial charge in [0.25, 0.3) is 5.56 Å².